The third-order valence-corrected chi connectivity index (χ3v) is 4.78. The molecule has 0 aromatic heterocycles. The van der Waals surface area contributed by atoms with Crippen molar-refractivity contribution in [3.8, 4) is 0 Å². The van der Waals surface area contributed by atoms with Crippen LogP contribution in [0.1, 0.15) is 24.8 Å². The third-order valence-electron chi connectivity index (χ3n) is 3.61. The van der Waals surface area contributed by atoms with Crippen LogP contribution in [0.3, 0.4) is 0 Å². The van der Waals surface area contributed by atoms with E-state index >= 15 is 0 Å². The molecule has 0 aliphatic heterocycles. The Morgan fingerprint density at radius 1 is 1.32 bits per heavy atom. The first-order chi connectivity index (χ1) is 9.29. The van der Waals surface area contributed by atoms with Gasteiger partial charge in [-0.1, -0.05) is 36.8 Å². The number of rotatable bonds is 6. The Kier molecular flexibility index (Phi) is 5.73. The molecule has 1 fully saturated rings. The summed E-state index contributed by atoms with van der Waals surface area (Å²) in [6.45, 7) is 1.03. The predicted octanol–water partition coefficient (Wildman–Crippen LogP) is 2.18. The van der Waals surface area contributed by atoms with Gasteiger partial charge in [-0.15, -0.1) is 0 Å². The van der Waals surface area contributed by atoms with Crippen molar-refractivity contribution in [2.75, 3.05) is 12.8 Å². The molecule has 2 atom stereocenters. The lowest BCUT2D eigenvalue weighted by Crippen LogP contribution is -2.41. The topological polar surface area (TPSA) is 41.1 Å². The number of amides is 1. The van der Waals surface area contributed by atoms with Crippen LogP contribution in [0.25, 0.3) is 0 Å². The SMILES string of the molecule is CSC1CCCC1NCC(=O)NCc1ccccc1. The fraction of sp³-hybridized carbons (Fsp3) is 0.533. The average molecular weight is 278 g/mol. The number of hydrogen-bond acceptors (Lipinski definition) is 3. The molecule has 1 aliphatic carbocycles. The first kappa shape index (κ1) is 14.4. The van der Waals surface area contributed by atoms with Crippen molar-refractivity contribution in [1.82, 2.24) is 10.6 Å². The highest BCUT2D eigenvalue weighted by Crippen LogP contribution is 2.28. The van der Waals surface area contributed by atoms with Gasteiger partial charge in [0.2, 0.25) is 5.91 Å². The Morgan fingerprint density at radius 2 is 2.11 bits per heavy atom. The van der Waals surface area contributed by atoms with Crippen LogP contribution in [-0.4, -0.2) is 30.0 Å². The molecule has 1 aliphatic rings. The summed E-state index contributed by atoms with van der Waals surface area (Å²) in [7, 11) is 0. The molecular weight excluding hydrogens is 256 g/mol. The van der Waals surface area contributed by atoms with Crippen LogP contribution in [0.2, 0.25) is 0 Å². The first-order valence-corrected chi connectivity index (χ1v) is 8.15. The summed E-state index contributed by atoms with van der Waals surface area (Å²) >= 11 is 1.91. The Labute approximate surface area is 119 Å². The molecule has 1 amide bonds. The van der Waals surface area contributed by atoms with E-state index in [1.165, 1.54) is 19.3 Å². The maximum absolute atomic E-state index is 11.8. The summed E-state index contributed by atoms with van der Waals surface area (Å²) in [5, 5.41) is 7.00. The number of carbonyl (C=O) groups excluding carboxylic acids is 1. The van der Waals surface area contributed by atoms with Crippen LogP contribution in [0.15, 0.2) is 30.3 Å². The molecule has 3 nitrogen and oxygen atoms in total. The summed E-state index contributed by atoms with van der Waals surface area (Å²) < 4.78 is 0. The highest BCUT2D eigenvalue weighted by atomic mass is 32.2. The van der Waals surface area contributed by atoms with Crippen LogP contribution in [-0.2, 0) is 11.3 Å². The fourth-order valence-electron chi connectivity index (χ4n) is 2.52. The van der Waals surface area contributed by atoms with Crippen molar-refractivity contribution in [3.63, 3.8) is 0 Å². The molecule has 0 bridgehead atoms. The second kappa shape index (κ2) is 7.56. The number of nitrogens with one attached hydrogen (secondary N) is 2. The van der Waals surface area contributed by atoms with E-state index in [1.54, 1.807) is 0 Å². The van der Waals surface area contributed by atoms with Gasteiger partial charge in [-0.3, -0.25) is 4.79 Å². The molecule has 2 N–H and O–H groups in total. The van der Waals surface area contributed by atoms with E-state index in [9.17, 15) is 4.79 Å². The van der Waals surface area contributed by atoms with Gasteiger partial charge in [0.25, 0.3) is 0 Å². The van der Waals surface area contributed by atoms with Crippen molar-refractivity contribution >= 4 is 17.7 Å². The normalized spacial score (nSPS) is 22.4. The van der Waals surface area contributed by atoms with E-state index in [1.807, 2.05) is 42.1 Å². The van der Waals surface area contributed by atoms with E-state index in [0.717, 1.165) is 5.56 Å². The summed E-state index contributed by atoms with van der Waals surface area (Å²) in [6, 6.07) is 10.5. The second-order valence-corrected chi connectivity index (χ2v) is 6.03. The fourth-order valence-corrected chi connectivity index (χ4v) is 3.49. The van der Waals surface area contributed by atoms with Crippen molar-refractivity contribution in [1.29, 1.82) is 0 Å². The predicted molar refractivity (Wildman–Crippen MR) is 81.2 cm³/mol. The molecule has 4 heteroatoms. The highest BCUT2D eigenvalue weighted by Gasteiger charge is 2.26. The smallest absolute Gasteiger partial charge is 0.234 e. The molecule has 2 rings (SSSR count). The number of hydrogen-bond donors (Lipinski definition) is 2. The van der Waals surface area contributed by atoms with Gasteiger partial charge in [0.1, 0.15) is 0 Å². The van der Waals surface area contributed by atoms with Crippen LogP contribution in [0, 0.1) is 0 Å². The Bertz CT molecular complexity index is 396. The summed E-state index contributed by atoms with van der Waals surface area (Å²) in [5.41, 5.74) is 1.14. The minimum Gasteiger partial charge on any atom is -0.351 e. The largest absolute Gasteiger partial charge is 0.351 e. The summed E-state index contributed by atoms with van der Waals surface area (Å²) in [4.78, 5) is 11.8. The maximum atomic E-state index is 11.8. The lowest BCUT2D eigenvalue weighted by Gasteiger charge is -2.18. The Balaban J connectivity index is 1.67. The van der Waals surface area contributed by atoms with Crippen molar-refractivity contribution in [2.24, 2.45) is 0 Å². The molecule has 0 radical (unpaired) electrons. The van der Waals surface area contributed by atoms with Gasteiger partial charge in [-0.25, -0.2) is 0 Å². The molecule has 1 aromatic rings. The molecular formula is C15H22N2OS. The Hall–Kier alpha value is -1.00. The molecule has 104 valence electrons. The Morgan fingerprint density at radius 3 is 2.84 bits per heavy atom. The standard InChI is InChI=1S/C15H22N2OS/c1-19-14-9-5-8-13(14)16-11-15(18)17-10-12-6-3-2-4-7-12/h2-4,6-7,13-14,16H,5,8-11H2,1H3,(H,17,18). The first-order valence-electron chi connectivity index (χ1n) is 6.86. The number of carbonyl (C=O) groups is 1. The van der Waals surface area contributed by atoms with Gasteiger partial charge in [0, 0.05) is 17.8 Å². The molecule has 0 saturated heterocycles. The zero-order chi connectivity index (χ0) is 13.5. The zero-order valence-electron chi connectivity index (χ0n) is 11.4. The maximum Gasteiger partial charge on any atom is 0.234 e. The lowest BCUT2D eigenvalue weighted by molar-refractivity contribution is -0.120. The van der Waals surface area contributed by atoms with E-state index < -0.39 is 0 Å². The molecule has 19 heavy (non-hydrogen) atoms. The van der Waals surface area contributed by atoms with Crippen molar-refractivity contribution in [2.45, 2.75) is 37.1 Å². The number of thioether (sulfide) groups is 1. The van der Waals surface area contributed by atoms with E-state index in [2.05, 4.69) is 16.9 Å². The van der Waals surface area contributed by atoms with Gasteiger partial charge in [0.15, 0.2) is 0 Å². The van der Waals surface area contributed by atoms with Gasteiger partial charge < -0.3 is 10.6 Å². The van der Waals surface area contributed by atoms with Crippen molar-refractivity contribution in [3.05, 3.63) is 35.9 Å². The van der Waals surface area contributed by atoms with E-state index in [-0.39, 0.29) is 5.91 Å². The monoisotopic (exact) mass is 278 g/mol. The van der Waals surface area contributed by atoms with E-state index in [4.69, 9.17) is 0 Å². The molecule has 0 spiro atoms. The minimum absolute atomic E-state index is 0.0793. The molecule has 1 aromatic carbocycles. The summed E-state index contributed by atoms with van der Waals surface area (Å²) in [6.07, 6.45) is 5.89. The zero-order valence-corrected chi connectivity index (χ0v) is 12.2. The molecule has 0 heterocycles. The molecule has 1 saturated carbocycles. The van der Waals surface area contributed by atoms with Gasteiger partial charge in [-0.05, 0) is 24.7 Å². The van der Waals surface area contributed by atoms with Crippen molar-refractivity contribution < 1.29 is 4.79 Å². The lowest BCUT2D eigenvalue weighted by atomic mass is 10.2. The minimum atomic E-state index is 0.0793. The third kappa shape index (κ3) is 4.55. The van der Waals surface area contributed by atoms with Crippen LogP contribution < -0.4 is 10.6 Å². The van der Waals surface area contributed by atoms with Crippen LogP contribution in [0.4, 0.5) is 0 Å². The average Bonchev–Trinajstić information content (AvgIpc) is 2.91. The quantitative estimate of drug-likeness (QED) is 0.838. The van der Waals surface area contributed by atoms with Crippen LogP contribution >= 0.6 is 11.8 Å². The molecule has 2 unspecified atom stereocenters. The summed E-state index contributed by atoms with van der Waals surface area (Å²) in [5.74, 6) is 0.0793. The number of benzene rings is 1. The second-order valence-electron chi connectivity index (χ2n) is 4.95. The van der Waals surface area contributed by atoms with Gasteiger partial charge in [0.05, 0.1) is 6.54 Å². The van der Waals surface area contributed by atoms with Gasteiger partial charge >= 0.3 is 0 Å². The highest BCUT2D eigenvalue weighted by molar-refractivity contribution is 7.99. The van der Waals surface area contributed by atoms with E-state index in [0.29, 0.717) is 24.4 Å². The van der Waals surface area contributed by atoms with Crippen LogP contribution in [0.5, 0.6) is 0 Å². The van der Waals surface area contributed by atoms with Gasteiger partial charge in [-0.2, -0.15) is 11.8 Å².